The van der Waals surface area contributed by atoms with E-state index < -0.39 is 10.8 Å². The molecule has 0 unspecified atom stereocenters. The molecular formula is C21H22ClN5O4. The second kappa shape index (κ2) is 8.52. The summed E-state index contributed by atoms with van der Waals surface area (Å²) in [5.41, 5.74) is 7.37. The van der Waals surface area contributed by atoms with Gasteiger partial charge >= 0.3 is 0 Å². The second-order valence-corrected chi connectivity index (χ2v) is 7.97. The number of halogens is 1. The third-order valence-electron chi connectivity index (χ3n) is 5.65. The van der Waals surface area contributed by atoms with Crippen molar-refractivity contribution in [3.63, 3.8) is 0 Å². The van der Waals surface area contributed by atoms with Crippen LogP contribution in [-0.2, 0) is 4.79 Å². The summed E-state index contributed by atoms with van der Waals surface area (Å²) < 4.78 is 0. The Hall–Kier alpha value is -3.17. The molecule has 0 radical (unpaired) electrons. The van der Waals surface area contributed by atoms with Gasteiger partial charge in [0, 0.05) is 56.3 Å². The zero-order valence-corrected chi connectivity index (χ0v) is 17.5. The monoisotopic (exact) mass is 443 g/mol. The molecular weight excluding hydrogens is 422 g/mol. The maximum absolute atomic E-state index is 12.4. The van der Waals surface area contributed by atoms with E-state index >= 15 is 0 Å². The average Bonchev–Trinajstić information content (AvgIpc) is 3.19. The molecule has 2 aromatic carbocycles. The Kier molecular flexibility index (Phi) is 5.79. The number of piperazine rings is 1. The van der Waals surface area contributed by atoms with E-state index in [0.717, 1.165) is 13.1 Å². The number of carbonyl (C=O) groups is 2. The van der Waals surface area contributed by atoms with Gasteiger partial charge in [-0.1, -0.05) is 11.6 Å². The maximum Gasteiger partial charge on any atom is 0.278 e. The van der Waals surface area contributed by atoms with Crippen LogP contribution in [0.1, 0.15) is 23.2 Å². The first kappa shape index (κ1) is 21.1. The summed E-state index contributed by atoms with van der Waals surface area (Å²) in [7, 11) is 0. The number of hydrogen-bond donors (Lipinski definition) is 2. The average molecular weight is 444 g/mol. The minimum absolute atomic E-state index is 0.0629. The van der Waals surface area contributed by atoms with Crippen molar-refractivity contribution < 1.29 is 14.5 Å². The first-order chi connectivity index (χ1) is 14.9. The molecule has 3 N–H and O–H groups in total. The Balaban J connectivity index is 1.94. The molecule has 2 aliphatic heterocycles. The predicted molar refractivity (Wildman–Crippen MR) is 119 cm³/mol. The molecule has 0 bridgehead atoms. The van der Waals surface area contributed by atoms with Gasteiger partial charge in [0.25, 0.3) is 5.69 Å². The number of nitro groups is 1. The lowest BCUT2D eigenvalue weighted by molar-refractivity contribution is -0.384. The van der Waals surface area contributed by atoms with Crippen molar-refractivity contribution in [1.82, 2.24) is 5.32 Å². The lowest BCUT2D eigenvalue weighted by atomic mass is 9.97. The molecule has 162 valence electrons. The summed E-state index contributed by atoms with van der Waals surface area (Å²) in [5, 5.41) is 15.4. The van der Waals surface area contributed by atoms with E-state index in [1.54, 1.807) is 17.0 Å². The van der Waals surface area contributed by atoms with Gasteiger partial charge in [0.2, 0.25) is 11.8 Å². The summed E-state index contributed by atoms with van der Waals surface area (Å²) in [6.07, 6.45) is 1.11. The number of primary amides is 1. The molecule has 2 fully saturated rings. The van der Waals surface area contributed by atoms with Gasteiger partial charge in [0.05, 0.1) is 26.9 Å². The molecule has 2 saturated heterocycles. The Bertz CT molecular complexity index is 1070. The highest BCUT2D eigenvalue weighted by atomic mass is 35.5. The molecule has 2 aromatic rings. The number of nitro benzene ring substituents is 1. The number of nitrogens with two attached hydrogens (primary N) is 1. The van der Waals surface area contributed by atoms with Crippen molar-refractivity contribution in [1.29, 1.82) is 0 Å². The first-order valence-corrected chi connectivity index (χ1v) is 10.4. The van der Waals surface area contributed by atoms with Crippen LogP contribution >= 0.6 is 11.6 Å². The normalized spacial score (nSPS) is 16.6. The SMILES string of the molecule is NC(=O)c1ccc(N2CCCC2=O)c(-c2cc(N3CCNCC3)c(Cl)cc2[N+](=O)[O-])c1. The summed E-state index contributed by atoms with van der Waals surface area (Å²) in [5.74, 6) is -0.716. The van der Waals surface area contributed by atoms with Crippen molar-refractivity contribution in [3.8, 4) is 11.1 Å². The van der Waals surface area contributed by atoms with Crippen molar-refractivity contribution in [2.45, 2.75) is 12.8 Å². The molecule has 0 aliphatic carbocycles. The summed E-state index contributed by atoms with van der Waals surface area (Å²) >= 11 is 6.43. The minimum atomic E-state index is -0.653. The van der Waals surface area contributed by atoms with Crippen LogP contribution in [0.2, 0.25) is 5.02 Å². The van der Waals surface area contributed by atoms with Gasteiger partial charge in [-0.3, -0.25) is 19.7 Å². The van der Waals surface area contributed by atoms with Crippen LogP contribution in [-0.4, -0.2) is 49.5 Å². The largest absolute Gasteiger partial charge is 0.368 e. The van der Waals surface area contributed by atoms with E-state index in [-0.39, 0.29) is 22.2 Å². The minimum Gasteiger partial charge on any atom is -0.368 e. The van der Waals surface area contributed by atoms with E-state index in [9.17, 15) is 19.7 Å². The number of nitrogens with zero attached hydrogens (tertiary/aromatic N) is 3. The molecule has 4 rings (SSSR count). The Morgan fingerprint density at radius 3 is 2.45 bits per heavy atom. The third kappa shape index (κ3) is 4.06. The van der Waals surface area contributed by atoms with Crippen molar-refractivity contribution in [2.75, 3.05) is 42.5 Å². The van der Waals surface area contributed by atoms with E-state index in [1.165, 1.54) is 18.2 Å². The number of hydrogen-bond acceptors (Lipinski definition) is 6. The number of rotatable bonds is 5. The second-order valence-electron chi connectivity index (χ2n) is 7.56. The molecule has 2 heterocycles. The molecule has 2 amide bonds. The van der Waals surface area contributed by atoms with E-state index in [0.29, 0.717) is 55.0 Å². The van der Waals surface area contributed by atoms with Crippen molar-refractivity contribution in [2.24, 2.45) is 5.73 Å². The molecule has 0 saturated carbocycles. The fourth-order valence-corrected chi connectivity index (χ4v) is 4.39. The number of carbonyl (C=O) groups excluding carboxylic acids is 2. The smallest absolute Gasteiger partial charge is 0.278 e. The lowest BCUT2D eigenvalue weighted by Crippen LogP contribution is -2.43. The topological polar surface area (TPSA) is 122 Å². The lowest BCUT2D eigenvalue weighted by Gasteiger charge is -2.30. The predicted octanol–water partition coefficient (Wildman–Crippen LogP) is 2.55. The zero-order chi connectivity index (χ0) is 22.1. The number of nitrogens with one attached hydrogen (secondary N) is 1. The third-order valence-corrected chi connectivity index (χ3v) is 5.96. The van der Waals surface area contributed by atoms with Crippen LogP contribution in [0.4, 0.5) is 17.1 Å². The highest BCUT2D eigenvalue weighted by Gasteiger charge is 2.29. The van der Waals surface area contributed by atoms with Crippen molar-refractivity contribution >= 4 is 40.5 Å². The van der Waals surface area contributed by atoms with Gasteiger partial charge in [-0.2, -0.15) is 0 Å². The first-order valence-electron chi connectivity index (χ1n) is 10.0. The Labute approximate surface area is 183 Å². The van der Waals surface area contributed by atoms with Crippen molar-refractivity contribution in [3.05, 3.63) is 51.0 Å². The van der Waals surface area contributed by atoms with Crippen LogP contribution in [0.5, 0.6) is 0 Å². The molecule has 0 atom stereocenters. The van der Waals surface area contributed by atoms with Crippen LogP contribution in [0.25, 0.3) is 11.1 Å². The highest BCUT2D eigenvalue weighted by Crippen LogP contribution is 2.43. The van der Waals surface area contributed by atoms with E-state index in [4.69, 9.17) is 17.3 Å². The number of amides is 2. The zero-order valence-electron chi connectivity index (χ0n) is 16.8. The van der Waals surface area contributed by atoms with Gasteiger partial charge in [0.1, 0.15) is 0 Å². The van der Waals surface area contributed by atoms with Gasteiger partial charge in [0.15, 0.2) is 0 Å². The fourth-order valence-electron chi connectivity index (χ4n) is 4.11. The van der Waals surface area contributed by atoms with Crippen LogP contribution < -0.4 is 20.9 Å². The quantitative estimate of drug-likeness (QED) is 0.541. The van der Waals surface area contributed by atoms with Crippen LogP contribution in [0.3, 0.4) is 0 Å². The highest BCUT2D eigenvalue weighted by molar-refractivity contribution is 6.33. The molecule has 0 aromatic heterocycles. The van der Waals surface area contributed by atoms with Crippen LogP contribution in [0, 0.1) is 10.1 Å². The molecule has 2 aliphatic rings. The Morgan fingerprint density at radius 1 is 1.10 bits per heavy atom. The number of anilines is 2. The van der Waals surface area contributed by atoms with E-state index in [2.05, 4.69) is 10.2 Å². The Morgan fingerprint density at radius 2 is 1.84 bits per heavy atom. The van der Waals surface area contributed by atoms with Gasteiger partial charge in [-0.05, 0) is 30.7 Å². The standard InChI is InChI=1S/C21H22ClN5O4/c22-16-12-18(27(30)31)15(11-19(16)25-8-5-24-6-9-25)14-10-13(21(23)29)3-4-17(14)26-7-1-2-20(26)28/h3-4,10-12,24H,1-2,5-9H2,(H2,23,29). The molecule has 0 spiro atoms. The maximum atomic E-state index is 12.4. The van der Waals surface area contributed by atoms with Gasteiger partial charge < -0.3 is 20.9 Å². The van der Waals surface area contributed by atoms with Crippen LogP contribution in [0.15, 0.2) is 30.3 Å². The molecule has 10 heteroatoms. The molecule has 9 nitrogen and oxygen atoms in total. The van der Waals surface area contributed by atoms with Gasteiger partial charge in [-0.15, -0.1) is 0 Å². The number of benzene rings is 2. The molecule has 31 heavy (non-hydrogen) atoms. The summed E-state index contributed by atoms with van der Waals surface area (Å²) in [6.45, 7) is 3.46. The fraction of sp³-hybridized carbons (Fsp3) is 0.333. The summed E-state index contributed by atoms with van der Waals surface area (Å²) in [6, 6.07) is 7.69. The van der Waals surface area contributed by atoms with Gasteiger partial charge in [-0.25, -0.2) is 0 Å². The summed E-state index contributed by atoms with van der Waals surface area (Å²) in [4.78, 5) is 39.3. The van der Waals surface area contributed by atoms with E-state index in [1.807, 2.05) is 0 Å².